The van der Waals surface area contributed by atoms with Crippen LogP contribution in [0.2, 0.25) is 0 Å². The van der Waals surface area contributed by atoms with E-state index in [1.807, 2.05) is 0 Å². The molecule has 1 fully saturated rings. The van der Waals surface area contributed by atoms with E-state index in [9.17, 15) is 19.9 Å². The van der Waals surface area contributed by atoms with Crippen LogP contribution < -0.4 is 0 Å². The van der Waals surface area contributed by atoms with Gasteiger partial charge in [0.2, 0.25) is 0 Å². The van der Waals surface area contributed by atoms with Crippen LogP contribution in [0.4, 0.5) is 0 Å². The molecule has 1 saturated heterocycles. The van der Waals surface area contributed by atoms with Gasteiger partial charge in [0.1, 0.15) is 24.4 Å². The minimum absolute atomic E-state index is 0. The molecule has 5 atom stereocenters. The fourth-order valence-corrected chi connectivity index (χ4v) is 1.73. The van der Waals surface area contributed by atoms with Gasteiger partial charge in [-0.3, -0.25) is 4.52 Å². The fraction of sp³-hybridized carbons (Fsp3) is 1.00. The van der Waals surface area contributed by atoms with Crippen LogP contribution in [0.15, 0.2) is 0 Å². The third-order valence-electron chi connectivity index (χ3n) is 2.09. The van der Waals surface area contributed by atoms with Crippen LogP contribution in [0.1, 0.15) is 0 Å². The van der Waals surface area contributed by atoms with Gasteiger partial charge in [-0.1, -0.05) is 0 Å². The van der Waals surface area contributed by atoms with E-state index in [1.165, 1.54) is 0 Å². The van der Waals surface area contributed by atoms with Gasteiger partial charge in [0, 0.05) is 59.1 Å². The van der Waals surface area contributed by atoms with Crippen LogP contribution in [0, 0.1) is 0 Å². The number of ether oxygens (including phenoxy) is 1. The first-order chi connectivity index (χ1) is 7.26. The fourth-order valence-electron chi connectivity index (χ4n) is 1.29. The Morgan fingerprint density at radius 3 is 1.94 bits per heavy atom. The van der Waals surface area contributed by atoms with E-state index in [4.69, 9.17) is 14.9 Å². The molecule has 12 heteroatoms. The maximum Gasteiger partial charge on any atom is 0.472 e. The normalized spacial score (nSPS) is 36.4. The molecule has 0 aliphatic carbocycles. The first kappa shape index (κ1) is 22.2. The number of hydrogen-bond donors (Lipinski definition) is 6. The maximum atomic E-state index is 10.5. The van der Waals surface area contributed by atoms with Gasteiger partial charge in [-0.25, -0.2) is 4.57 Å². The zero-order valence-corrected chi connectivity index (χ0v) is 14.8. The second kappa shape index (κ2) is 9.04. The molecule has 2 radical (unpaired) electrons. The molecule has 0 spiro atoms. The zero-order chi connectivity index (χ0) is 12.5. The predicted molar refractivity (Wildman–Crippen MR) is 58.4 cm³/mol. The molecule has 1 aliphatic heterocycles. The smallest absolute Gasteiger partial charge is 0.394 e. The number of aliphatic hydroxyl groups excluding tert-OH is 4. The minimum Gasteiger partial charge on any atom is -0.394 e. The van der Waals surface area contributed by atoms with Crippen LogP contribution in [-0.4, -0.2) is 127 Å². The summed E-state index contributed by atoms with van der Waals surface area (Å²) in [5.74, 6) is 0. The van der Waals surface area contributed by atoms with E-state index in [1.54, 1.807) is 0 Å². The average molecular weight is 306 g/mol. The van der Waals surface area contributed by atoms with Crippen molar-refractivity contribution in [2.75, 3.05) is 6.61 Å². The molecule has 6 N–H and O–H groups in total. The van der Waals surface area contributed by atoms with E-state index in [-0.39, 0.29) is 59.1 Å². The molecular formula is C6H13Na2O9P. The van der Waals surface area contributed by atoms with Gasteiger partial charge in [-0.2, -0.15) is 0 Å². The molecule has 0 saturated carbocycles. The predicted octanol–water partition coefficient (Wildman–Crippen LogP) is -3.87. The third kappa shape index (κ3) is 6.13. The Morgan fingerprint density at radius 2 is 1.56 bits per heavy atom. The number of phosphoric acid groups is 1. The summed E-state index contributed by atoms with van der Waals surface area (Å²) in [6, 6.07) is 0. The summed E-state index contributed by atoms with van der Waals surface area (Å²) in [7, 11) is -4.91. The van der Waals surface area contributed by atoms with E-state index >= 15 is 0 Å². The van der Waals surface area contributed by atoms with Crippen LogP contribution in [-0.2, 0) is 13.8 Å². The molecule has 1 rings (SSSR count). The quantitative estimate of drug-likeness (QED) is 0.227. The largest absolute Gasteiger partial charge is 0.472 e. The summed E-state index contributed by atoms with van der Waals surface area (Å²) in [6.45, 7) is -0.702. The second-order valence-electron chi connectivity index (χ2n) is 3.29. The molecule has 0 aromatic rings. The first-order valence-corrected chi connectivity index (χ1v) is 5.83. The minimum atomic E-state index is -4.91. The zero-order valence-electron chi connectivity index (χ0n) is 9.95. The summed E-state index contributed by atoms with van der Waals surface area (Å²) in [4.78, 5) is 17.0. The van der Waals surface area contributed by atoms with Gasteiger partial charge in [0.05, 0.1) is 6.61 Å². The maximum absolute atomic E-state index is 10.5. The van der Waals surface area contributed by atoms with Crippen molar-refractivity contribution in [3.8, 4) is 0 Å². The molecule has 0 unspecified atom stereocenters. The Morgan fingerprint density at radius 1 is 1.06 bits per heavy atom. The van der Waals surface area contributed by atoms with Gasteiger partial charge in [-0.05, 0) is 0 Å². The van der Waals surface area contributed by atoms with Crippen molar-refractivity contribution in [3.63, 3.8) is 0 Å². The van der Waals surface area contributed by atoms with Crippen LogP contribution in [0.25, 0.3) is 0 Å². The number of rotatable bonds is 3. The molecule has 0 amide bonds. The number of aliphatic hydroxyl groups is 4. The Hall–Kier alpha value is 1.91. The van der Waals surface area contributed by atoms with Gasteiger partial charge in [0.15, 0.2) is 6.29 Å². The Labute approximate surface area is 147 Å². The van der Waals surface area contributed by atoms with Crippen molar-refractivity contribution in [1.82, 2.24) is 0 Å². The van der Waals surface area contributed by atoms with Crippen molar-refractivity contribution < 1.29 is 44.0 Å². The molecule has 98 valence electrons. The van der Waals surface area contributed by atoms with Gasteiger partial charge >= 0.3 is 7.82 Å². The van der Waals surface area contributed by atoms with E-state index < -0.39 is 45.1 Å². The van der Waals surface area contributed by atoms with Crippen molar-refractivity contribution in [2.45, 2.75) is 30.7 Å². The molecule has 1 aliphatic rings. The second-order valence-corrected chi connectivity index (χ2v) is 4.49. The van der Waals surface area contributed by atoms with E-state index in [0.29, 0.717) is 0 Å². The van der Waals surface area contributed by atoms with Gasteiger partial charge in [-0.15, -0.1) is 0 Å². The standard InChI is InChI=1S/C6H13O9P.2Na/c7-1-2-3(8)4(9)5(10)6(14-2)15-16(11,12)13;;/h2-10H,1H2,(H2,11,12,13);;/t2-,3-,4+,5-,6+;;/m1../s1. The van der Waals surface area contributed by atoms with Gasteiger partial charge < -0.3 is 34.9 Å². The Balaban J connectivity index is 0. The van der Waals surface area contributed by atoms with Crippen molar-refractivity contribution in [1.29, 1.82) is 0 Å². The third-order valence-corrected chi connectivity index (χ3v) is 2.57. The van der Waals surface area contributed by atoms with E-state index in [0.717, 1.165) is 0 Å². The molecule has 0 bridgehead atoms. The monoisotopic (exact) mass is 306 g/mol. The molecule has 0 aromatic carbocycles. The van der Waals surface area contributed by atoms with Crippen LogP contribution in [0.3, 0.4) is 0 Å². The van der Waals surface area contributed by atoms with Crippen LogP contribution >= 0.6 is 7.82 Å². The first-order valence-electron chi connectivity index (χ1n) is 4.30. The summed E-state index contributed by atoms with van der Waals surface area (Å²) >= 11 is 0. The molecular weight excluding hydrogens is 293 g/mol. The molecule has 1 heterocycles. The van der Waals surface area contributed by atoms with E-state index in [2.05, 4.69) is 9.26 Å². The van der Waals surface area contributed by atoms with Crippen molar-refractivity contribution in [3.05, 3.63) is 0 Å². The summed E-state index contributed by atoms with van der Waals surface area (Å²) in [5, 5.41) is 36.6. The average Bonchev–Trinajstić information content (AvgIpc) is 2.17. The SMILES string of the molecule is O=P(O)(O)O[C@@H]1O[C@H](CO)[C@@H](O)[C@H](O)[C@H]1O.[Na].[Na]. The molecule has 9 nitrogen and oxygen atoms in total. The Bertz CT molecular complexity index is 284. The molecule has 0 aromatic heterocycles. The molecule has 18 heavy (non-hydrogen) atoms. The van der Waals surface area contributed by atoms with Gasteiger partial charge in [0.25, 0.3) is 0 Å². The summed E-state index contributed by atoms with van der Waals surface area (Å²) in [5.41, 5.74) is 0. The topological polar surface area (TPSA) is 157 Å². The van der Waals surface area contributed by atoms with Crippen molar-refractivity contribution in [2.24, 2.45) is 0 Å². The number of hydrogen-bond acceptors (Lipinski definition) is 7. The summed E-state index contributed by atoms with van der Waals surface area (Å²) in [6.07, 6.45) is -8.25. The van der Waals surface area contributed by atoms with Crippen LogP contribution in [0.5, 0.6) is 0 Å². The summed E-state index contributed by atoms with van der Waals surface area (Å²) < 4.78 is 19.2. The van der Waals surface area contributed by atoms with Crippen molar-refractivity contribution >= 4 is 66.9 Å². The Kier molecular flexibility index (Phi) is 11.1. The number of phosphoric ester groups is 1.